The van der Waals surface area contributed by atoms with Crippen molar-refractivity contribution >= 4 is 23.4 Å². The average molecular weight is 375 g/mol. The lowest BCUT2D eigenvalue weighted by Crippen LogP contribution is -2.52. The number of halogens is 1. The third-order valence-electron chi connectivity index (χ3n) is 4.41. The van der Waals surface area contributed by atoms with Gasteiger partial charge in [0.05, 0.1) is 0 Å². The van der Waals surface area contributed by atoms with Crippen molar-refractivity contribution in [2.75, 3.05) is 37.8 Å². The zero-order chi connectivity index (χ0) is 18.5. The minimum absolute atomic E-state index is 0.118. The van der Waals surface area contributed by atoms with Crippen LogP contribution in [0.15, 0.2) is 36.5 Å². The molecule has 0 atom stereocenters. The van der Waals surface area contributed by atoms with Gasteiger partial charge in [0.15, 0.2) is 6.73 Å². The monoisotopic (exact) mass is 374 g/mol. The Balaban J connectivity index is 1.45. The number of carbonyl (C=O) groups excluding carboxylic acids is 1. The Kier molecular flexibility index (Phi) is 5.83. The second-order valence-corrected chi connectivity index (χ2v) is 6.68. The SMILES string of the molecule is Cc1cc(OCNC(=O)N2CCN(c3ccccn3)CC2)cc(C)c1Cl. The van der Waals surface area contributed by atoms with Crippen LogP contribution in [0.25, 0.3) is 0 Å². The van der Waals surface area contributed by atoms with Gasteiger partial charge in [-0.2, -0.15) is 0 Å². The minimum Gasteiger partial charge on any atom is -0.473 e. The Hall–Kier alpha value is -2.47. The molecule has 1 aliphatic rings. The van der Waals surface area contributed by atoms with Crippen LogP contribution >= 0.6 is 11.6 Å². The summed E-state index contributed by atoms with van der Waals surface area (Å²) in [4.78, 5) is 20.6. The van der Waals surface area contributed by atoms with Crippen molar-refractivity contribution in [2.45, 2.75) is 13.8 Å². The predicted octanol–water partition coefficient (Wildman–Crippen LogP) is 3.22. The molecule has 0 bridgehead atoms. The van der Waals surface area contributed by atoms with Crippen molar-refractivity contribution in [3.63, 3.8) is 0 Å². The van der Waals surface area contributed by atoms with Crippen LogP contribution < -0.4 is 15.0 Å². The van der Waals surface area contributed by atoms with Crippen LogP contribution in [-0.2, 0) is 0 Å². The third-order valence-corrected chi connectivity index (χ3v) is 5.01. The molecule has 2 aromatic rings. The lowest BCUT2D eigenvalue weighted by molar-refractivity contribution is 0.181. The average Bonchev–Trinajstić information content (AvgIpc) is 2.67. The standard InChI is InChI=1S/C19H23ClN4O2/c1-14-11-16(12-15(2)18(14)20)26-13-22-19(25)24-9-7-23(8-10-24)17-5-3-4-6-21-17/h3-6,11-12H,7-10,13H2,1-2H3,(H,22,25). The highest BCUT2D eigenvalue weighted by Crippen LogP contribution is 2.25. The number of anilines is 1. The molecule has 0 unspecified atom stereocenters. The predicted molar refractivity (Wildman–Crippen MR) is 103 cm³/mol. The van der Waals surface area contributed by atoms with Crippen molar-refractivity contribution in [3.05, 3.63) is 52.7 Å². The summed E-state index contributed by atoms with van der Waals surface area (Å²) in [6.45, 7) is 6.83. The van der Waals surface area contributed by atoms with E-state index in [1.807, 2.05) is 44.2 Å². The van der Waals surface area contributed by atoms with Crippen LogP contribution in [0.2, 0.25) is 5.02 Å². The van der Waals surface area contributed by atoms with Crippen LogP contribution in [0.4, 0.5) is 10.6 Å². The number of amides is 2. The molecule has 0 aliphatic carbocycles. The number of nitrogens with zero attached hydrogens (tertiary/aromatic N) is 3. The van der Waals surface area contributed by atoms with Gasteiger partial charge in [0.25, 0.3) is 0 Å². The van der Waals surface area contributed by atoms with Crippen LogP contribution in [0.1, 0.15) is 11.1 Å². The molecule has 0 radical (unpaired) electrons. The highest BCUT2D eigenvalue weighted by atomic mass is 35.5. The lowest BCUT2D eigenvalue weighted by Gasteiger charge is -2.35. The minimum atomic E-state index is -0.118. The first kappa shape index (κ1) is 18.3. The number of urea groups is 1. The van der Waals surface area contributed by atoms with Crippen LogP contribution in [-0.4, -0.2) is 48.8 Å². The van der Waals surface area contributed by atoms with Crippen LogP contribution in [0.5, 0.6) is 5.75 Å². The fourth-order valence-corrected chi connectivity index (χ4v) is 3.07. The topological polar surface area (TPSA) is 57.7 Å². The number of carbonyl (C=O) groups is 1. The summed E-state index contributed by atoms with van der Waals surface area (Å²) in [7, 11) is 0. The molecule has 1 saturated heterocycles. The first-order valence-electron chi connectivity index (χ1n) is 8.63. The van der Waals surface area contributed by atoms with E-state index in [0.29, 0.717) is 18.8 Å². The Labute approximate surface area is 158 Å². The number of hydrogen-bond donors (Lipinski definition) is 1. The molecular formula is C19H23ClN4O2. The Morgan fingerprint density at radius 3 is 2.50 bits per heavy atom. The van der Waals surface area contributed by atoms with E-state index < -0.39 is 0 Å². The van der Waals surface area contributed by atoms with Crippen molar-refractivity contribution in [2.24, 2.45) is 0 Å². The molecule has 2 heterocycles. The summed E-state index contributed by atoms with van der Waals surface area (Å²) < 4.78 is 5.64. The second-order valence-electron chi connectivity index (χ2n) is 6.30. The molecule has 6 nitrogen and oxygen atoms in total. The highest BCUT2D eigenvalue weighted by Gasteiger charge is 2.21. The van der Waals surface area contributed by atoms with Crippen molar-refractivity contribution in [1.29, 1.82) is 0 Å². The summed E-state index contributed by atoms with van der Waals surface area (Å²) in [5, 5.41) is 3.55. The molecule has 1 N–H and O–H groups in total. The van der Waals surface area contributed by atoms with Gasteiger partial charge in [-0.1, -0.05) is 17.7 Å². The molecule has 1 aromatic carbocycles. The fourth-order valence-electron chi connectivity index (χ4n) is 2.96. The lowest BCUT2D eigenvalue weighted by atomic mass is 10.1. The molecule has 1 aromatic heterocycles. The molecule has 26 heavy (non-hydrogen) atoms. The third kappa shape index (κ3) is 4.38. The van der Waals surface area contributed by atoms with E-state index in [0.717, 1.165) is 35.1 Å². The first-order chi connectivity index (χ1) is 12.5. The van der Waals surface area contributed by atoms with E-state index in [4.69, 9.17) is 16.3 Å². The van der Waals surface area contributed by atoms with E-state index in [1.165, 1.54) is 0 Å². The van der Waals surface area contributed by atoms with E-state index in [1.54, 1.807) is 11.1 Å². The van der Waals surface area contributed by atoms with E-state index >= 15 is 0 Å². The second kappa shape index (κ2) is 8.27. The van der Waals surface area contributed by atoms with Gasteiger partial charge in [0.2, 0.25) is 0 Å². The zero-order valence-corrected chi connectivity index (χ0v) is 15.8. The Bertz CT molecular complexity index is 738. The van der Waals surface area contributed by atoms with Gasteiger partial charge in [-0.05, 0) is 49.2 Å². The maximum absolute atomic E-state index is 12.3. The quantitative estimate of drug-likeness (QED) is 0.835. The first-order valence-corrected chi connectivity index (χ1v) is 9.00. The largest absolute Gasteiger partial charge is 0.473 e. The number of hydrogen-bond acceptors (Lipinski definition) is 4. The number of nitrogens with one attached hydrogen (secondary N) is 1. The number of rotatable bonds is 4. The Morgan fingerprint density at radius 1 is 1.19 bits per heavy atom. The number of ether oxygens (including phenoxy) is 1. The number of aryl methyl sites for hydroxylation is 2. The van der Waals surface area contributed by atoms with E-state index in [-0.39, 0.29) is 12.8 Å². The zero-order valence-electron chi connectivity index (χ0n) is 15.0. The van der Waals surface area contributed by atoms with Gasteiger partial charge in [-0.15, -0.1) is 0 Å². The van der Waals surface area contributed by atoms with Gasteiger partial charge < -0.3 is 19.9 Å². The summed E-state index contributed by atoms with van der Waals surface area (Å²) in [6, 6.07) is 9.48. The summed E-state index contributed by atoms with van der Waals surface area (Å²) in [5.74, 6) is 1.65. The molecule has 138 valence electrons. The molecule has 2 amide bonds. The maximum Gasteiger partial charge on any atom is 0.320 e. The van der Waals surface area contributed by atoms with Gasteiger partial charge >= 0.3 is 6.03 Å². The maximum atomic E-state index is 12.3. The number of pyridine rings is 1. The molecule has 0 saturated carbocycles. The molecule has 1 aliphatic heterocycles. The molecule has 1 fully saturated rings. The van der Waals surface area contributed by atoms with Crippen LogP contribution in [0, 0.1) is 13.8 Å². The van der Waals surface area contributed by atoms with Crippen molar-refractivity contribution < 1.29 is 9.53 Å². The molecule has 0 spiro atoms. The number of benzene rings is 1. The summed E-state index contributed by atoms with van der Waals surface area (Å²) >= 11 is 6.15. The van der Waals surface area contributed by atoms with Gasteiger partial charge in [0.1, 0.15) is 11.6 Å². The van der Waals surface area contributed by atoms with Gasteiger partial charge in [-0.25, -0.2) is 9.78 Å². The van der Waals surface area contributed by atoms with Crippen molar-refractivity contribution in [1.82, 2.24) is 15.2 Å². The smallest absolute Gasteiger partial charge is 0.320 e. The molecule has 3 rings (SSSR count). The Morgan fingerprint density at radius 2 is 1.88 bits per heavy atom. The number of piperazine rings is 1. The van der Waals surface area contributed by atoms with E-state index in [9.17, 15) is 4.79 Å². The van der Waals surface area contributed by atoms with Gasteiger partial charge in [0, 0.05) is 37.4 Å². The molecule has 7 heteroatoms. The highest BCUT2D eigenvalue weighted by molar-refractivity contribution is 6.32. The van der Waals surface area contributed by atoms with Crippen LogP contribution in [0.3, 0.4) is 0 Å². The van der Waals surface area contributed by atoms with Gasteiger partial charge in [-0.3, -0.25) is 0 Å². The summed E-state index contributed by atoms with van der Waals surface area (Å²) in [5.41, 5.74) is 1.91. The van der Waals surface area contributed by atoms with E-state index in [2.05, 4.69) is 15.2 Å². The number of aromatic nitrogens is 1. The normalized spacial score (nSPS) is 14.3. The summed E-state index contributed by atoms with van der Waals surface area (Å²) in [6.07, 6.45) is 1.78. The van der Waals surface area contributed by atoms with Crippen molar-refractivity contribution in [3.8, 4) is 5.75 Å². The molecular weight excluding hydrogens is 352 g/mol. The fraction of sp³-hybridized carbons (Fsp3) is 0.368.